The van der Waals surface area contributed by atoms with E-state index in [4.69, 9.17) is 0 Å². The predicted molar refractivity (Wildman–Crippen MR) is 69.4 cm³/mol. The van der Waals surface area contributed by atoms with Gasteiger partial charge in [-0.1, -0.05) is 6.92 Å². The van der Waals surface area contributed by atoms with Crippen molar-refractivity contribution in [3.05, 3.63) is 43.9 Å². The van der Waals surface area contributed by atoms with Gasteiger partial charge in [0, 0.05) is 18.8 Å². The van der Waals surface area contributed by atoms with E-state index in [-0.39, 0.29) is 18.0 Å². The molecular weight excluding hydrogens is 248 g/mol. The average Bonchev–Trinajstić information content (AvgIpc) is 2.72. The first-order chi connectivity index (χ1) is 8.93. The summed E-state index contributed by atoms with van der Waals surface area (Å²) in [6.07, 6.45) is 2.53. The van der Waals surface area contributed by atoms with Crippen LogP contribution in [0.2, 0.25) is 0 Å². The van der Waals surface area contributed by atoms with Gasteiger partial charge in [-0.3, -0.25) is 19.0 Å². The van der Waals surface area contributed by atoms with Gasteiger partial charge in [-0.15, -0.1) is 0 Å². The van der Waals surface area contributed by atoms with Crippen molar-refractivity contribution in [1.82, 2.24) is 19.3 Å². The van der Waals surface area contributed by atoms with E-state index in [0.29, 0.717) is 0 Å². The molecule has 7 heteroatoms. The highest BCUT2D eigenvalue weighted by Gasteiger charge is 2.13. The van der Waals surface area contributed by atoms with E-state index in [9.17, 15) is 14.7 Å². The molecule has 0 bridgehead atoms. The third kappa shape index (κ3) is 2.31. The highest BCUT2D eigenvalue weighted by Crippen LogP contribution is 2.13. The van der Waals surface area contributed by atoms with Gasteiger partial charge in [0.25, 0.3) is 5.56 Å². The van der Waals surface area contributed by atoms with Crippen molar-refractivity contribution >= 4 is 0 Å². The van der Waals surface area contributed by atoms with Crippen LogP contribution < -0.4 is 11.2 Å². The molecule has 102 valence electrons. The second-order valence-corrected chi connectivity index (χ2v) is 4.42. The third-order valence-corrected chi connectivity index (χ3v) is 3.05. The van der Waals surface area contributed by atoms with Crippen molar-refractivity contribution in [3.63, 3.8) is 0 Å². The van der Waals surface area contributed by atoms with Crippen LogP contribution in [0.3, 0.4) is 0 Å². The summed E-state index contributed by atoms with van der Waals surface area (Å²) < 4.78 is 2.79. The summed E-state index contributed by atoms with van der Waals surface area (Å²) in [7, 11) is 1.80. The van der Waals surface area contributed by atoms with Crippen molar-refractivity contribution in [3.8, 4) is 5.88 Å². The molecular formula is C12H16N4O3. The number of aromatic nitrogens is 4. The zero-order valence-corrected chi connectivity index (χ0v) is 11.1. The normalized spacial score (nSPS) is 10.9. The van der Waals surface area contributed by atoms with Crippen LogP contribution in [0.25, 0.3) is 0 Å². The van der Waals surface area contributed by atoms with Crippen LogP contribution in [0.5, 0.6) is 5.88 Å². The largest absolute Gasteiger partial charge is 0.494 e. The molecule has 0 aromatic carbocycles. The minimum Gasteiger partial charge on any atom is -0.494 e. The van der Waals surface area contributed by atoms with Gasteiger partial charge in [0.2, 0.25) is 5.88 Å². The van der Waals surface area contributed by atoms with Gasteiger partial charge in [0.1, 0.15) is 0 Å². The van der Waals surface area contributed by atoms with Crippen molar-refractivity contribution in [2.24, 2.45) is 7.05 Å². The van der Waals surface area contributed by atoms with Crippen LogP contribution in [0.4, 0.5) is 0 Å². The smallest absolute Gasteiger partial charge is 0.331 e. The fourth-order valence-corrected chi connectivity index (χ4v) is 1.99. The molecule has 0 amide bonds. The Morgan fingerprint density at radius 1 is 1.42 bits per heavy atom. The van der Waals surface area contributed by atoms with Crippen LogP contribution in [0.15, 0.2) is 15.8 Å². The monoisotopic (exact) mass is 264 g/mol. The lowest BCUT2D eigenvalue weighted by Crippen LogP contribution is -2.31. The number of aryl methyl sites for hydroxylation is 2. The molecule has 0 aliphatic rings. The van der Waals surface area contributed by atoms with Gasteiger partial charge in [-0.05, 0) is 13.3 Å². The molecule has 19 heavy (non-hydrogen) atoms. The molecule has 0 aliphatic heterocycles. The first-order valence-corrected chi connectivity index (χ1v) is 5.98. The number of H-pyrrole nitrogens is 1. The Hall–Kier alpha value is -2.31. The SMILES string of the molecule is CCc1nn(C)cc1Cn1c(O)c(C)c(=O)[nH]c1=O. The third-order valence-electron chi connectivity index (χ3n) is 3.05. The zero-order valence-electron chi connectivity index (χ0n) is 11.1. The van der Waals surface area contributed by atoms with Gasteiger partial charge in [-0.2, -0.15) is 5.10 Å². The number of aromatic hydroxyl groups is 1. The first-order valence-electron chi connectivity index (χ1n) is 5.98. The highest BCUT2D eigenvalue weighted by atomic mass is 16.3. The maximum Gasteiger partial charge on any atom is 0.331 e. The molecule has 0 atom stereocenters. The van der Waals surface area contributed by atoms with Crippen LogP contribution >= 0.6 is 0 Å². The Morgan fingerprint density at radius 2 is 2.11 bits per heavy atom. The second kappa shape index (κ2) is 4.75. The molecule has 0 unspecified atom stereocenters. The number of aromatic amines is 1. The standard InChI is InChI=1S/C12H16N4O3/c1-4-9-8(5-15(3)14-9)6-16-11(18)7(2)10(17)13-12(16)19/h5,18H,4,6H2,1-3H3,(H,13,17,19). The minimum absolute atomic E-state index is 0.126. The zero-order chi connectivity index (χ0) is 14.2. The summed E-state index contributed by atoms with van der Waals surface area (Å²) in [6.45, 7) is 3.61. The Labute approximate surface area is 109 Å². The molecule has 0 spiro atoms. The molecule has 0 saturated carbocycles. The van der Waals surface area contributed by atoms with Crippen LogP contribution in [0.1, 0.15) is 23.7 Å². The molecule has 2 N–H and O–H groups in total. The van der Waals surface area contributed by atoms with Crippen molar-refractivity contribution in [2.75, 3.05) is 0 Å². The number of nitrogens with one attached hydrogen (secondary N) is 1. The van der Waals surface area contributed by atoms with Gasteiger partial charge in [-0.25, -0.2) is 4.79 Å². The number of rotatable bonds is 3. The van der Waals surface area contributed by atoms with Crippen LogP contribution in [-0.4, -0.2) is 24.4 Å². The molecule has 0 fully saturated rings. The van der Waals surface area contributed by atoms with Crippen molar-refractivity contribution in [1.29, 1.82) is 0 Å². The maximum atomic E-state index is 11.7. The highest BCUT2D eigenvalue weighted by molar-refractivity contribution is 5.24. The molecule has 2 heterocycles. The molecule has 2 rings (SSSR count). The summed E-state index contributed by atoms with van der Waals surface area (Å²) in [4.78, 5) is 25.3. The van der Waals surface area contributed by atoms with Crippen LogP contribution in [0, 0.1) is 6.92 Å². The van der Waals surface area contributed by atoms with Gasteiger partial charge in [0.15, 0.2) is 0 Å². The molecule has 7 nitrogen and oxygen atoms in total. The fourth-order valence-electron chi connectivity index (χ4n) is 1.99. The van der Waals surface area contributed by atoms with Crippen LogP contribution in [-0.2, 0) is 20.0 Å². The molecule has 0 radical (unpaired) electrons. The van der Waals surface area contributed by atoms with E-state index in [1.165, 1.54) is 6.92 Å². The van der Waals surface area contributed by atoms with E-state index >= 15 is 0 Å². The molecule has 0 aliphatic carbocycles. The predicted octanol–water partition coefficient (Wildman–Crippen LogP) is -0.105. The van der Waals surface area contributed by atoms with E-state index in [0.717, 1.165) is 22.2 Å². The van der Waals surface area contributed by atoms with E-state index in [1.54, 1.807) is 17.9 Å². The lowest BCUT2D eigenvalue weighted by molar-refractivity contribution is 0.404. The Morgan fingerprint density at radius 3 is 2.74 bits per heavy atom. The van der Waals surface area contributed by atoms with Crippen molar-refractivity contribution < 1.29 is 5.11 Å². The summed E-state index contributed by atoms with van der Waals surface area (Å²) >= 11 is 0. The van der Waals surface area contributed by atoms with Gasteiger partial charge in [0.05, 0.1) is 17.8 Å². The summed E-state index contributed by atoms with van der Waals surface area (Å²) in [5, 5.41) is 14.2. The lowest BCUT2D eigenvalue weighted by Gasteiger charge is -2.08. The van der Waals surface area contributed by atoms with E-state index in [1.807, 2.05) is 6.92 Å². The molecule has 0 saturated heterocycles. The molecule has 2 aromatic heterocycles. The van der Waals surface area contributed by atoms with Gasteiger partial charge >= 0.3 is 5.69 Å². The number of hydrogen-bond acceptors (Lipinski definition) is 4. The Balaban J connectivity index is 2.52. The number of nitrogens with zero attached hydrogens (tertiary/aromatic N) is 3. The summed E-state index contributed by atoms with van der Waals surface area (Å²) in [5.41, 5.74) is 0.632. The van der Waals surface area contributed by atoms with Crippen molar-refractivity contribution in [2.45, 2.75) is 26.8 Å². The first kappa shape index (κ1) is 13.1. The average molecular weight is 264 g/mol. The number of hydrogen-bond donors (Lipinski definition) is 2. The Bertz CT molecular complexity index is 724. The maximum absolute atomic E-state index is 11.7. The Kier molecular flexibility index (Phi) is 3.28. The summed E-state index contributed by atoms with van der Waals surface area (Å²) in [6, 6.07) is 0. The lowest BCUT2D eigenvalue weighted by atomic mass is 10.2. The quantitative estimate of drug-likeness (QED) is 0.809. The van der Waals surface area contributed by atoms with Gasteiger partial charge < -0.3 is 5.11 Å². The second-order valence-electron chi connectivity index (χ2n) is 4.42. The van der Waals surface area contributed by atoms with E-state index in [2.05, 4.69) is 10.1 Å². The topological polar surface area (TPSA) is 92.9 Å². The van der Waals surface area contributed by atoms with E-state index < -0.39 is 11.2 Å². The minimum atomic E-state index is -0.626. The fraction of sp³-hybridized carbons (Fsp3) is 0.417. The molecule has 2 aromatic rings. The summed E-state index contributed by atoms with van der Waals surface area (Å²) in [5.74, 6) is -0.306.